The zero-order chi connectivity index (χ0) is 23.4. The Balaban J connectivity index is 1.49. The lowest BCUT2D eigenvalue weighted by Gasteiger charge is -2.36. The summed E-state index contributed by atoms with van der Waals surface area (Å²) in [6.45, 7) is 2.17. The average molecular weight is 472 g/mol. The third kappa shape index (κ3) is 4.93. The fourth-order valence-corrected chi connectivity index (χ4v) is 3.72. The number of nitro groups is 1. The predicted molar refractivity (Wildman–Crippen MR) is 122 cm³/mol. The van der Waals surface area contributed by atoms with E-state index >= 15 is 0 Å². The van der Waals surface area contributed by atoms with Crippen molar-refractivity contribution in [1.82, 2.24) is 15.4 Å². The molecule has 0 atom stereocenters. The molecule has 1 fully saturated rings. The van der Waals surface area contributed by atoms with Crippen molar-refractivity contribution in [2.75, 3.05) is 41.4 Å². The Morgan fingerprint density at radius 3 is 2.48 bits per heavy atom. The monoisotopic (exact) mass is 471 g/mol. The molecule has 12 heteroatoms. The molecule has 4 rings (SSSR count). The second kappa shape index (κ2) is 9.65. The highest BCUT2D eigenvalue weighted by atomic mass is 35.5. The minimum Gasteiger partial charge on any atom is -0.368 e. The summed E-state index contributed by atoms with van der Waals surface area (Å²) in [4.78, 5) is 35.4. The SMILES string of the molecule is O=C(NNc1ncnc(N2CCN(c3cccc(Cl)c3)CC2)c1[N+](=O)[O-])c1ccccc1F. The Morgan fingerprint density at radius 2 is 1.79 bits per heavy atom. The molecule has 2 aromatic carbocycles. The highest BCUT2D eigenvalue weighted by Gasteiger charge is 2.29. The van der Waals surface area contributed by atoms with Crippen LogP contribution in [0.25, 0.3) is 0 Å². The van der Waals surface area contributed by atoms with Gasteiger partial charge in [-0.25, -0.2) is 14.4 Å². The number of carbonyl (C=O) groups is 1. The maximum Gasteiger partial charge on any atom is 0.355 e. The van der Waals surface area contributed by atoms with Crippen LogP contribution in [-0.2, 0) is 0 Å². The fourth-order valence-electron chi connectivity index (χ4n) is 3.54. The number of amides is 1. The summed E-state index contributed by atoms with van der Waals surface area (Å²) >= 11 is 6.07. The number of carbonyl (C=O) groups excluding carboxylic acids is 1. The van der Waals surface area contributed by atoms with Gasteiger partial charge in [-0.1, -0.05) is 29.8 Å². The van der Waals surface area contributed by atoms with Gasteiger partial charge >= 0.3 is 5.69 Å². The van der Waals surface area contributed by atoms with E-state index < -0.39 is 16.6 Å². The van der Waals surface area contributed by atoms with Crippen molar-refractivity contribution in [1.29, 1.82) is 0 Å². The van der Waals surface area contributed by atoms with Crippen molar-refractivity contribution in [3.05, 3.63) is 81.4 Å². The number of piperazine rings is 1. The summed E-state index contributed by atoms with van der Waals surface area (Å²) in [6, 6.07) is 12.9. The van der Waals surface area contributed by atoms with Gasteiger partial charge in [0.2, 0.25) is 11.6 Å². The molecule has 1 saturated heterocycles. The van der Waals surface area contributed by atoms with Gasteiger partial charge in [-0.15, -0.1) is 0 Å². The van der Waals surface area contributed by atoms with E-state index in [4.69, 9.17) is 11.6 Å². The minimum atomic E-state index is -0.794. The molecule has 10 nitrogen and oxygen atoms in total. The number of hydrogen-bond acceptors (Lipinski definition) is 8. The number of nitrogens with zero attached hydrogens (tertiary/aromatic N) is 5. The third-order valence-corrected chi connectivity index (χ3v) is 5.39. The number of halogens is 2. The lowest BCUT2D eigenvalue weighted by atomic mass is 10.2. The Kier molecular flexibility index (Phi) is 6.50. The summed E-state index contributed by atoms with van der Waals surface area (Å²) in [5.41, 5.74) is 5.06. The molecule has 170 valence electrons. The van der Waals surface area contributed by atoms with Crippen LogP contribution >= 0.6 is 11.6 Å². The molecule has 33 heavy (non-hydrogen) atoms. The summed E-state index contributed by atoms with van der Waals surface area (Å²) in [6.07, 6.45) is 1.17. The first kappa shape index (κ1) is 22.2. The van der Waals surface area contributed by atoms with Crippen LogP contribution in [0.15, 0.2) is 54.9 Å². The minimum absolute atomic E-state index is 0.128. The Labute approximate surface area is 193 Å². The van der Waals surface area contributed by atoms with Crippen LogP contribution in [0, 0.1) is 15.9 Å². The smallest absolute Gasteiger partial charge is 0.355 e. The van der Waals surface area contributed by atoms with Gasteiger partial charge in [0.15, 0.2) is 0 Å². The van der Waals surface area contributed by atoms with E-state index in [1.54, 1.807) is 11.0 Å². The van der Waals surface area contributed by atoms with Crippen molar-refractivity contribution in [3.63, 3.8) is 0 Å². The molecule has 0 spiro atoms. The molecular weight excluding hydrogens is 453 g/mol. The number of anilines is 3. The van der Waals surface area contributed by atoms with Gasteiger partial charge in [0.1, 0.15) is 12.1 Å². The van der Waals surface area contributed by atoms with Gasteiger partial charge in [0.25, 0.3) is 5.91 Å². The molecule has 0 saturated carbocycles. The molecule has 0 bridgehead atoms. The van der Waals surface area contributed by atoms with Crippen LogP contribution < -0.4 is 20.7 Å². The molecule has 0 unspecified atom stereocenters. The number of hydrogen-bond donors (Lipinski definition) is 2. The maximum absolute atomic E-state index is 13.8. The summed E-state index contributed by atoms with van der Waals surface area (Å²) in [7, 11) is 0. The van der Waals surface area contributed by atoms with Gasteiger partial charge in [0.05, 0.1) is 10.5 Å². The molecule has 1 aromatic heterocycles. The van der Waals surface area contributed by atoms with Crippen LogP contribution in [0.4, 0.5) is 27.4 Å². The summed E-state index contributed by atoms with van der Waals surface area (Å²) in [5, 5.41) is 12.5. The van der Waals surface area contributed by atoms with E-state index in [2.05, 4.69) is 25.7 Å². The topological polar surface area (TPSA) is 117 Å². The first-order valence-corrected chi connectivity index (χ1v) is 10.4. The number of benzene rings is 2. The second-order valence-electron chi connectivity index (χ2n) is 7.16. The van der Waals surface area contributed by atoms with E-state index in [-0.39, 0.29) is 22.9 Å². The molecule has 1 aliphatic heterocycles. The van der Waals surface area contributed by atoms with Crippen molar-refractivity contribution in [2.45, 2.75) is 0 Å². The lowest BCUT2D eigenvalue weighted by molar-refractivity contribution is -0.383. The van der Waals surface area contributed by atoms with Gasteiger partial charge in [-0.2, -0.15) is 0 Å². The molecule has 0 radical (unpaired) electrons. The van der Waals surface area contributed by atoms with Crippen LogP contribution in [0.2, 0.25) is 5.02 Å². The van der Waals surface area contributed by atoms with Crippen molar-refractivity contribution < 1.29 is 14.1 Å². The Bertz CT molecular complexity index is 1190. The highest BCUT2D eigenvalue weighted by Crippen LogP contribution is 2.32. The zero-order valence-electron chi connectivity index (χ0n) is 17.2. The largest absolute Gasteiger partial charge is 0.368 e. The Morgan fingerprint density at radius 1 is 1.06 bits per heavy atom. The van der Waals surface area contributed by atoms with Gasteiger partial charge in [-0.3, -0.25) is 25.8 Å². The van der Waals surface area contributed by atoms with Crippen molar-refractivity contribution in [3.8, 4) is 0 Å². The normalized spacial score (nSPS) is 13.5. The van der Waals surface area contributed by atoms with E-state index in [1.807, 2.05) is 18.2 Å². The molecule has 1 amide bonds. The number of hydrazine groups is 1. The van der Waals surface area contributed by atoms with E-state index in [0.717, 1.165) is 11.8 Å². The van der Waals surface area contributed by atoms with E-state index in [0.29, 0.717) is 31.2 Å². The number of nitrogens with one attached hydrogen (secondary N) is 2. The van der Waals surface area contributed by atoms with E-state index in [1.165, 1.54) is 24.5 Å². The van der Waals surface area contributed by atoms with Crippen LogP contribution in [0.5, 0.6) is 0 Å². The zero-order valence-corrected chi connectivity index (χ0v) is 18.0. The van der Waals surface area contributed by atoms with Gasteiger partial charge < -0.3 is 9.80 Å². The highest BCUT2D eigenvalue weighted by molar-refractivity contribution is 6.30. The van der Waals surface area contributed by atoms with Gasteiger partial charge in [-0.05, 0) is 30.3 Å². The maximum atomic E-state index is 13.8. The first-order chi connectivity index (χ1) is 15.9. The van der Waals surface area contributed by atoms with Gasteiger partial charge in [0, 0.05) is 36.9 Å². The number of aromatic nitrogens is 2. The summed E-state index contributed by atoms with van der Waals surface area (Å²) < 4.78 is 13.8. The first-order valence-electron chi connectivity index (χ1n) is 10.00. The molecule has 1 aliphatic rings. The van der Waals surface area contributed by atoms with Crippen molar-refractivity contribution in [2.24, 2.45) is 0 Å². The molecule has 2 N–H and O–H groups in total. The number of rotatable bonds is 6. The Hall–Kier alpha value is -3.99. The quantitative estimate of drug-likeness (QED) is 0.415. The average Bonchev–Trinajstić information content (AvgIpc) is 2.82. The summed E-state index contributed by atoms with van der Waals surface area (Å²) in [5.74, 6) is -1.58. The molecule has 0 aliphatic carbocycles. The van der Waals surface area contributed by atoms with Crippen molar-refractivity contribution >= 4 is 40.5 Å². The van der Waals surface area contributed by atoms with Crippen LogP contribution in [-0.4, -0.2) is 47.0 Å². The predicted octanol–water partition coefficient (Wildman–Crippen LogP) is 3.26. The molecular formula is C21H19ClFN7O3. The third-order valence-electron chi connectivity index (χ3n) is 5.15. The molecule has 2 heterocycles. The fraction of sp³-hybridized carbons (Fsp3) is 0.190. The van der Waals surface area contributed by atoms with Crippen LogP contribution in [0.1, 0.15) is 10.4 Å². The lowest BCUT2D eigenvalue weighted by Crippen LogP contribution is -2.47. The van der Waals surface area contributed by atoms with Crippen LogP contribution in [0.3, 0.4) is 0 Å². The van der Waals surface area contributed by atoms with E-state index in [9.17, 15) is 19.3 Å². The second-order valence-corrected chi connectivity index (χ2v) is 7.60. The molecule has 3 aromatic rings. The standard InChI is InChI=1S/C21H19ClFN7O3/c22-14-4-3-5-15(12-14)28-8-10-29(11-9-28)20-18(30(32)33)19(24-13-25-20)26-27-21(31)16-6-1-2-7-17(16)23/h1-7,12-13H,8-11H2,(H,27,31)(H,24,25,26).